The van der Waals surface area contributed by atoms with Gasteiger partial charge in [0.05, 0.1) is 0 Å². The summed E-state index contributed by atoms with van der Waals surface area (Å²) in [5, 5.41) is 7.74. The second-order valence-corrected chi connectivity index (χ2v) is 11.5. The van der Waals surface area contributed by atoms with E-state index >= 15 is 0 Å². The molecule has 0 saturated carbocycles. The molecule has 2 unspecified atom stereocenters. The average Bonchev–Trinajstić information content (AvgIpc) is 2.71. The van der Waals surface area contributed by atoms with E-state index in [0.717, 1.165) is 0 Å². The van der Waals surface area contributed by atoms with Crippen LogP contribution >= 0.6 is 0 Å². The molecule has 0 spiro atoms. The molecule has 3 heteroatoms. The van der Waals surface area contributed by atoms with E-state index in [1.54, 1.807) is 23.0 Å². The van der Waals surface area contributed by atoms with E-state index in [9.17, 15) is 0 Å². The van der Waals surface area contributed by atoms with E-state index < -0.39 is 0 Å². The maximum absolute atomic E-state index is 3.87. The first kappa shape index (κ1) is 24.0. The molecule has 0 saturated heterocycles. The van der Waals surface area contributed by atoms with E-state index in [0.29, 0.717) is 0 Å². The van der Waals surface area contributed by atoms with Gasteiger partial charge in [0.1, 0.15) is 0 Å². The van der Waals surface area contributed by atoms with Crippen LogP contribution in [0.2, 0.25) is 0 Å². The van der Waals surface area contributed by atoms with E-state index in [1.165, 1.54) is 25.8 Å². The van der Waals surface area contributed by atoms with Crippen LogP contribution in [0.1, 0.15) is 75.9 Å². The molecule has 0 aliphatic carbocycles. The van der Waals surface area contributed by atoms with Crippen LogP contribution in [-0.2, 0) is 0 Å². The second-order valence-electron chi connectivity index (χ2n) is 10.3. The van der Waals surface area contributed by atoms with Crippen LogP contribution in [0.4, 0.5) is 0 Å². The molecule has 0 bridgehead atoms. The van der Waals surface area contributed by atoms with Gasteiger partial charge in [-0.1, -0.05) is 0 Å². The molecule has 3 aromatic carbocycles. The maximum atomic E-state index is 3.87. The normalized spacial score (nSPS) is 14.3. The van der Waals surface area contributed by atoms with Crippen molar-refractivity contribution < 1.29 is 0 Å². The summed E-state index contributed by atoms with van der Waals surface area (Å²) in [6, 6.07) is 28.7. The van der Waals surface area contributed by atoms with E-state index in [1.807, 2.05) is 0 Å². The van der Waals surface area contributed by atoms with Gasteiger partial charge in [-0.25, -0.2) is 0 Å². The Hall–Kier alpha value is -1.60. The zero-order valence-corrected chi connectivity index (χ0v) is 22.2. The summed E-state index contributed by atoms with van der Waals surface area (Å²) >= 11 is 1.80. The molecule has 0 heterocycles. The molecule has 0 aliphatic heterocycles. The van der Waals surface area contributed by atoms with Crippen molar-refractivity contribution >= 4 is 26.5 Å². The van der Waals surface area contributed by atoms with E-state index in [2.05, 4.69) is 131 Å². The van der Waals surface area contributed by atoms with Crippen molar-refractivity contribution in [3.05, 3.63) is 101 Å². The fourth-order valence-electron chi connectivity index (χ4n) is 3.88. The fourth-order valence-corrected chi connectivity index (χ4v) is 5.05. The summed E-state index contributed by atoms with van der Waals surface area (Å²) in [6.07, 6.45) is 0. The molecule has 2 radical (unpaired) electrons. The number of rotatable bonds is 6. The molecule has 2 nitrogen and oxygen atoms in total. The Morgan fingerprint density at radius 3 is 1.23 bits per heavy atom. The molecule has 0 aromatic heterocycles. The van der Waals surface area contributed by atoms with Crippen LogP contribution < -0.4 is 14.1 Å². The van der Waals surface area contributed by atoms with Crippen molar-refractivity contribution in [2.45, 2.75) is 64.7 Å². The standard InChI is InChI=1S/C28H35N2.Sb/c1-27(2,3)29-25(21-14-9-7-10-15-21)23-18-13-19-24(20-23)26(30-28(4,5)6)22-16-11-8-12-17-22;/h7-19,25-26,29-30H,1-6H3;. The average molecular weight is 521 g/mol. The van der Waals surface area contributed by atoms with Crippen molar-refractivity contribution in [2.75, 3.05) is 0 Å². The van der Waals surface area contributed by atoms with Gasteiger partial charge in [-0.3, -0.25) is 0 Å². The first-order chi connectivity index (χ1) is 14.6. The van der Waals surface area contributed by atoms with Crippen molar-refractivity contribution in [1.29, 1.82) is 0 Å². The van der Waals surface area contributed by atoms with Gasteiger partial charge >= 0.3 is 203 Å². The second kappa shape index (κ2) is 9.90. The van der Waals surface area contributed by atoms with E-state index in [4.69, 9.17) is 0 Å². The Balaban J connectivity index is 2.13. The van der Waals surface area contributed by atoms with Crippen molar-refractivity contribution in [1.82, 2.24) is 10.6 Å². The third-order valence-corrected chi connectivity index (χ3v) is 6.61. The third-order valence-electron chi connectivity index (χ3n) is 5.14. The van der Waals surface area contributed by atoms with Gasteiger partial charge in [0, 0.05) is 0 Å². The Labute approximate surface area is 202 Å². The summed E-state index contributed by atoms with van der Waals surface area (Å²) in [5.41, 5.74) is 5.29. The topological polar surface area (TPSA) is 24.1 Å². The van der Waals surface area contributed by atoms with E-state index in [-0.39, 0.29) is 23.2 Å². The molecular formula is C28H35N2Sb. The van der Waals surface area contributed by atoms with Gasteiger partial charge in [-0.05, 0) is 0 Å². The minimum atomic E-state index is -0.00293. The molecule has 31 heavy (non-hydrogen) atoms. The zero-order chi connectivity index (χ0) is 22.6. The van der Waals surface area contributed by atoms with Gasteiger partial charge < -0.3 is 0 Å². The number of hydrogen-bond acceptors (Lipinski definition) is 2. The fraction of sp³-hybridized carbons (Fsp3) is 0.357. The first-order valence-corrected chi connectivity index (χ1v) is 12.3. The van der Waals surface area contributed by atoms with Crippen molar-refractivity contribution in [3.8, 4) is 0 Å². The van der Waals surface area contributed by atoms with Crippen LogP contribution in [0.5, 0.6) is 0 Å². The SMILES string of the molecule is CC(C)(C)NC(c1ccccc1)c1cccc(C(NC(C)(C)C)c2ccccc2)[c]1[Sb]. The number of benzene rings is 3. The van der Waals surface area contributed by atoms with Crippen LogP contribution in [0.3, 0.4) is 0 Å². The molecule has 0 amide bonds. The quantitative estimate of drug-likeness (QED) is 0.423. The van der Waals surface area contributed by atoms with Crippen LogP contribution in [0, 0.1) is 0 Å². The number of hydrogen-bond donors (Lipinski definition) is 2. The van der Waals surface area contributed by atoms with Crippen LogP contribution in [-0.4, -0.2) is 34.1 Å². The molecule has 0 aliphatic rings. The molecule has 162 valence electrons. The van der Waals surface area contributed by atoms with Gasteiger partial charge in [0.15, 0.2) is 0 Å². The zero-order valence-electron chi connectivity index (χ0n) is 19.6. The molecular weight excluding hydrogens is 486 g/mol. The monoisotopic (exact) mass is 520 g/mol. The summed E-state index contributed by atoms with van der Waals surface area (Å²) in [6.45, 7) is 13.4. The van der Waals surface area contributed by atoms with Crippen LogP contribution in [0.25, 0.3) is 0 Å². The molecule has 2 N–H and O–H groups in total. The van der Waals surface area contributed by atoms with Crippen molar-refractivity contribution in [2.24, 2.45) is 0 Å². The van der Waals surface area contributed by atoms with Gasteiger partial charge in [-0.15, -0.1) is 0 Å². The first-order valence-electron chi connectivity index (χ1n) is 11.0. The van der Waals surface area contributed by atoms with Gasteiger partial charge in [-0.2, -0.15) is 0 Å². The van der Waals surface area contributed by atoms with Gasteiger partial charge in [0.25, 0.3) is 0 Å². The third kappa shape index (κ3) is 6.69. The summed E-state index contributed by atoms with van der Waals surface area (Å²) in [4.78, 5) is 0. The predicted molar refractivity (Wildman–Crippen MR) is 134 cm³/mol. The molecule has 3 rings (SSSR count). The van der Waals surface area contributed by atoms with Crippen LogP contribution in [0.15, 0.2) is 78.9 Å². The van der Waals surface area contributed by atoms with Gasteiger partial charge in [0.2, 0.25) is 0 Å². The summed E-state index contributed by atoms with van der Waals surface area (Å²) in [7, 11) is 0. The Morgan fingerprint density at radius 1 is 0.548 bits per heavy atom. The minimum absolute atomic E-state index is 0.00293. The molecule has 2 atom stereocenters. The Kier molecular flexibility index (Phi) is 7.68. The van der Waals surface area contributed by atoms with Crippen molar-refractivity contribution in [3.63, 3.8) is 0 Å². The predicted octanol–water partition coefficient (Wildman–Crippen LogP) is 5.44. The Morgan fingerprint density at radius 2 is 0.903 bits per heavy atom. The Bertz CT molecular complexity index is 892. The number of nitrogens with one attached hydrogen (secondary N) is 2. The summed E-state index contributed by atoms with van der Waals surface area (Å²) in [5.74, 6) is 0. The molecule has 3 aromatic rings. The molecule has 0 fully saturated rings. The summed E-state index contributed by atoms with van der Waals surface area (Å²) < 4.78 is 1.38.